The zero-order valence-electron chi connectivity index (χ0n) is 10.2. The average molecular weight is 252 g/mol. The van der Waals surface area contributed by atoms with E-state index in [2.05, 4.69) is 0 Å². The number of benzene rings is 1. The molecule has 0 fully saturated rings. The number of aliphatic hydroxyl groups excluding tert-OH is 1. The molecule has 0 radical (unpaired) electrons. The molecular formula is C12H16N2O4. The number of hydrogen-bond donors (Lipinski definition) is 1. The zero-order valence-corrected chi connectivity index (χ0v) is 10.2. The Labute approximate surface area is 105 Å². The summed E-state index contributed by atoms with van der Waals surface area (Å²) in [6.45, 7) is 0.159. The Balaban J connectivity index is 2.72. The van der Waals surface area contributed by atoms with Gasteiger partial charge in [0, 0.05) is 31.7 Å². The van der Waals surface area contributed by atoms with Crippen molar-refractivity contribution in [2.75, 3.05) is 13.7 Å². The fourth-order valence-corrected chi connectivity index (χ4v) is 1.59. The molecule has 6 nitrogen and oxygen atoms in total. The van der Waals surface area contributed by atoms with Crippen LogP contribution in [-0.4, -0.2) is 34.5 Å². The second kappa shape index (κ2) is 6.70. The van der Waals surface area contributed by atoms with E-state index < -0.39 is 4.92 Å². The number of nitrogens with zero attached hydrogens (tertiary/aromatic N) is 2. The van der Waals surface area contributed by atoms with E-state index in [-0.39, 0.29) is 31.2 Å². The molecular weight excluding hydrogens is 236 g/mol. The lowest BCUT2D eigenvalue weighted by Crippen LogP contribution is -2.26. The summed E-state index contributed by atoms with van der Waals surface area (Å²) in [7, 11) is 1.59. The third kappa shape index (κ3) is 3.81. The molecule has 0 aromatic heterocycles. The van der Waals surface area contributed by atoms with Crippen LogP contribution in [0, 0.1) is 10.1 Å². The monoisotopic (exact) mass is 252 g/mol. The van der Waals surface area contributed by atoms with Gasteiger partial charge in [-0.15, -0.1) is 0 Å². The average Bonchev–Trinajstić information content (AvgIpc) is 2.36. The topological polar surface area (TPSA) is 83.7 Å². The summed E-state index contributed by atoms with van der Waals surface area (Å²) in [5, 5.41) is 19.5. The quantitative estimate of drug-likeness (QED) is 0.611. The maximum Gasteiger partial charge on any atom is 0.274 e. The SMILES string of the molecule is CN(Cc1ccccc1[N+](=O)[O-])C(=O)CCCO. The van der Waals surface area contributed by atoms with Gasteiger partial charge in [0.2, 0.25) is 5.91 Å². The van der Waals surface area contributed by atoms with Gasteiger partial charge in [0.1, 0.15) is 0 Å². The van der Waals surface area contributed by atoms with E-state index in [9.17, 15) is 14.9 Å². The fraction of sp³-hybridized carbons (Fsp3) is 0.417. The third-order valence-electron chi connectivity index (χ3n) is 2.57. The summed E-state index contributed by atoms with van der Waals surface area (Å²) in [4.78, 5) is 23.4. The van der Waals surface area contributed by atoms with Crippen LogP contribution in [0.25, 0.3) is 0 Å². The van der Waals surface area contributed by atoms with Crippen LogP contribution in [0.2, 0.25) is 0 Å². The van der Waals surface area contributed by atoms with Crippen LogP contribution in [0.4, 0.5) is 5.69 Å². The summed E-state index contributed by atoms with van der Waals surface area (Å²) >= 11 is 0. The molecule has 18 heavy (non-hydrogen) atoms. The van der Waals surface area contributed by atoms with Gasteiger partial charge in [-0.25, -0.2) is 0 Å². The molecule has 0 saturated carbocycles. The molecule has 0 unspecified atom stereocenters. The summed E-state index contributed by atoms with van der Waals surface area (Å²) < 4.78 is 0. The molecule has 0 saturated heterocycles. The third-order valence-corrected chi connectivity index (χ3v) is 2.57. The van der Waals surface area contributed by atoms with Gasteiger partial charge in [0.25, 0.3) is 5.69 Å². The van der Waals surface area contributed by atoms with Crippen molar-refractivity contribution in [2.24, 2.45) is 0 Å². The van der Waals surface area contributed by atoms with Crippen molar-refractivity contribution in [3.8, 4) is 0 Å². The molecule has 1 rings (SSSR count). The Kier molecular flexibility index (Phi) is 5.26. The first-order valence-corrected chi connectivity index (χ1v) is 5.63. The first-order chi connectivity index (χ1) is 8.56. The maximum atomic E-state index is 11.6. The predicted octanol–water partition coefficient (Wildman–Crippen LogP) is 1.33. The van der Waals surface area contributed by atoms with Crippen LogP contribution in [0.3, 0.4) is 0 Å². The predicted molar refractivity (Wildman–Crippen MR) is 65.9 cm³/mol. The normalized spacial score (nSPS) is 10.1. The van der Waals surface area contributed by atoms with Gasteiger partial charge in [-0.1, -0.05) is 18.2 Å². The Morgan fingerprint density at radius 1 is 1.44 bits per heavy atom. The number of para-hydroxylation sites is 1. The largest absolute Gasteiger partial charge is 0.396 e. The molecule has 0 heterocycles. The van der Waals surface area contributed by atoms with Crippen LogP contribution in [0.15, 0.2) is 24.3 Å². The minimum absolute atomic E-state index is 0.0132. The Bertz CT molecular complexity index is 434. The van der Waals surface area contributed by atoms with Crippen molar-refractivity contribution < 1.29 is 14.8 Å². The van der Waals surface area contributed by atoms with E-state index in [1.807, 2.05) is 0 Å². The number of carbonyl (C=O) groups excluding carboxylic acids is 1. The van der Waals surface area contributed by atoms with Crippen molar-refractivity contribution in [1.29, 1.82) is 0 Å². The minimum Gasteiger partial charge on any atom is -0.396 e. The molecule has 98 valence electrons. The van der Waals surface area contributed by atoms with Crippen molar-refractivity contribution in [3.05, 3.63) is 39.9 Å². The van der Waals surface area contributed by atoms with Crippen molar-refractivity contribution in [2.45, 2.75) is 19.4 Å². The highest BCUT2D eigenvalue weighted by atomic mass is 16.6. The summed E-state index contributed by atoms with van der Waals surface area (Å²) in [5.41, 5.74) is 0.515. The highest BCUT2D eigenvalue weighted by Crippen LogP contribution is 2.19. The number of rotatable bonds is 6. The molecule has 0 spiro atoms. The number of amides is 1. The van der Waals surface area contributed by atoms with Gasteiger partial charge < -0.3 is 10.0 Å². The highest BCUT2D eigenvalue weighted by molar-refractivity contribution is 5.75. The number of nitro benzene ring substituents is 1. The second-order valence-electron chi connectivity index (χ2n) is 3.96. The molecule has 0 aliphatic rings. The number of nitro groups is 1. The molecule has 1 N–H and O–H groups in total. The van der Waals surface area contributed by atoms with E-state index >= 15 is 0 Å². The van der Waals surface area contributed by atoms with Crippen LogP contribution >= 0.6 is 0 Å². The fourth-order valence-electron chi connectivity index (χ4n) is 1.59. The van der Waals surface area contributed by atoms with Crippen LogP contribution in [-0.2, 0) is 11.3 Å². The smallest absolute Gasteiger partial charge is 0.274 e. The van der Waals surface area contributed by atoms with Gasteiger partial charge in [0.05, 0.1) is 11.5 Å². The Hall–Kier alpha value is -1.95. The Morgan fingerprint density at radius 3 is 2.72 bits per heavy atom. The summed E-state index contributed by atoms with van der Waals surface area (Å²) in [6, 6.07) is 6.35. The minimum atomic E-state index is -0.457. The summed E-state index contributed by atoms with van der Waals surface area (Å²) in [6.07, 6.45) is 0.647. The van der Waals surface area contributed by atoms with Crippen molar-refractivity contribution in [3.63, 3.8) is 0 Å². The lowest BCUT2D eigenvalue weighted by molar-refractivity contribution is -0.385. The van der Waals surface area contributed by atoms with E-state index in [4.69, 9.17) is 5.11 Å². The summed E-state index contributed by atoms with van der Waals surface area (Å²) in [5.74, 6) is -0.137. The zero-order chi connectivity index (χ0) is 13.5. The molecule has 1 aromatic rings. The van der Waals surface area contributed by atoms with E-state index in [0.29, 0.717) is 12.0 Å². The van der Waals surface area contributed by atoms with E-state index in [1.54, 1.807) is 25.2 Å². The maximum absolute atomic E-state index is 11.6. The molecule has 0 aliphatic carbocycles. The number of carbonyl (C=O) groups is 1. The Morgan fingerprint density at radius 2 is 2.11 bits per heavy atom. The van der Waals surface area contributed by atoms with Gasteiger partial charge in [-0.3, -0.25) is 14.9 Å². The van der Waals surface area contributed by atoms with Gasteiger partial charge in [-0.2, -0.15) is 0 Å². The van der Waals surface area contributed by atoms with Crippen molar-refractivity contribution >= 4 is 11.6 Å². The first kappa shape index (κ1) is 14.1. The van der Waals surface area contributed by atoms with Gasteiger partial charge in [0.15, 0.2) is 0 Å². The number of aliphatic hydroxyl groups is 1. The van der Waals surface area contributed by atoms with E-state index in [0.717, 1.165) is 0 Å². The number of hydrogen-bond acceptors (Lipinski definition) is 4. The molecule has 1 aromatic carbocycles. The molecule has 0 atom stereocenters. The van der Waals surface area contributed by atoms with Crippen LogP contribution < -0.4 is 0 Å². The molecule has 1 amide bonds. The molecule has 6 heteroatoms. The van der Waals surface area contributed by atoms with Crippen LogP contribution in [0.5, 0.6) is 0 Å². The standard InChI is InChI=1S/C12H16N2O4/c1-13(12(16)7-4-8-15)9-10-5-2-3-6-11(10)14(17)18/h2-3,5-6,15H,4,7-9H2,1H3. The van der Waals surface area contributed by atoms with Gasteiger partial charge >= 0.3 is 0 Å². The lowest BCUT2D eigenvalue weighted by atomic mass is 10.1. The molecule has 0 aliphatic heterocycles. The molecule has 0 bridgehead atoms. The highest BCUT2D eigenvalue weighted by Gasteiger charge is 2.16. The van der Waals surface area contributed by atoms with Crippen LogP contribution in [0.1, 0.15) is 18.4 Å². The lowest BCUT2D eigenvalue weighted by Gasteiger charge is -2.16. The van der Waals surface area contributed by atoms with Crippen molar-refractivity contribution in [1.82, 2.24) is 4.90 Å². The van der Waals surface area contributed by atoms with E-state index in [1.165, 1.54) is 11.0 Å². The second-order valence-corrected chi connectivity index (χ2v) is 3.96. The van der Waals surface area contributed by atoms with Gasteiger partial charge in [-0.05, 0) is 6.42 Å². The first-order valence-electron chi connectivity index (χ1n) is 5.63.